The third-order valence-corrected chi connectivity index (χ3v) is 5.11. The topological polar surface area (TPSA) is 67.4 Å². The van der Waals surface area contributed by atoms with Crippen LogP contribution in [0, 0.1) is 5.92 Å². The van der Waals surface area contributed by atoms with Gasteiger partial charge in [0.05, 0.1) is 0 Å². The molecule has 0 aromatic heterocycles. The van der Waals surface area contributed by atoms with Crippen molar-refractivity contribution in [3.05, 3.63) is 24.3 Å². The van der Waals surface area contributed by atoms with Crippen LogP contribution in [0.5, 0.6) is 5.75 Å². The first kappa shape index (κ1) is 21.0. The summed E-state index contributed by atoms with van der Waals surface area (Å²) in [4.78, 5) is -0.515. The van der Waals surface area contributed by atoms with E-state index in [1.165, 1.54) is 12.1 Å². The van der Waals surface area contributed by atoms with Gasteiger partial charge in [-0.1, -0.05) is 12.1 Å². The van der Waals surface area contributed by atoms with Gasteiger partial charge in [0.1, 0.15) is 10.6 Å². The number of rotatable bonds is 6. The largest absolute Gasteiger partial charge is 0.573 e. The Morgan fingerprint density at radius 1 is 1.29 bits per heavy atom. The standard InChI is InChI=1S/C14H19F3N2O3S.ClH/c15-14(16,17)22-12-5-1-2-6-13(12)23(20,21)19-9-7-11-4-3-8-18-10-11;/h1-2,5-6,11,18-19H,3-4,7-10H2;1H. The van der Waals surface area contributed by atoms with E-state index in [0.29, 0.717) is 12.3 Å². The van der Waals surface area contributed by atoms with Crippen LogP contribution in [-0.4, -0.2) is 34.4 Å². The second-order valence-corrected chi connectivity index (χ2v) is 7.13. The zero-order chi connectivity index (χ0) is 16.9. The molecule has 1 heterocycles. The molecular weight excluding hydrogens is 369 g/mol. The van der Waals surface area contributed by atoms with Crippen molar-refractivity contribution >= 4 is 22.4 Å². The van der Waals surface area contributed by atoms with Gasteiger partial charge in [-0.3, -0.25) is 0 Å². The zero-order valence-electron chi connectivity index (χ0n) is 12.8. The highest BCUT2D eigenvalue weighted by molar-refractivity contribution is 7.89. The second kappa shape index (κ2) is 8.89. The molecule has 1 unspecified atom stereocenters. The SMILES string of the molecule is Cl.O=S(=O)(NCCC1CCCNC1)c1ccccc1OC(F)(F)F. The van der Waals surface area contributed by atoms with Gasteiger partial charge in [-0.2, -0.15) is 0 Å². The van der Waals surface area contributed by atoms with Gasteiger partial charge in [0.25, 0.3) is 0 Å². The Balaban J connectivity index is 0.00000288. The Labute approximate surface area is 145 Å². The van der Waals surface area contributed by atoms with E-state index in [-0.39, 0.29) is 19.0 Å². The second-order valence-electron chi connectivity index (χ2n) is 5.39. The Morgan fingerprint density at radius 3 is 2.62 bits per heavy atom. The summed E-state index contributed by atoms with van der Waals surface area (Å²) in [6, 6.07) is 4.70. The molecule has 1 aliphatic heterocycles. The van der Waals surface area contributed by atoms with E-state index in [1.54, 1.807) is 0 Å². The highest BCUT2D eigenvalue weighted by Crippen LogP contribution is 2.29. The van der Waals surface area contributed by atoms with Crippen LogP contribution in [0.15, 0.2) is 29.2 Å². The van der Waals surface area contributed by atoms with Crippen LogP contribution < -0.4 is 14.8 Å². The molecule has 0 radical (unpaired) electrons. The minimum absolute atomic E-state index is 0. The first-order valence-corrected chi connectivity index (χ1v) is 8.81. The summed E-state index contributed by atoms with van der Waals surface area (Å²) in [6.45, 7) is 1.97. The fourth-order valence-electron chi connectivity index (χ4n) is 2.53. The molecule has 1 aromatic rings. The van der Waals surface area contributed by atoms with Gasteiger partial charge >= 0.3 is 6.36 Å². The number of hydrogen-bond acceptors (Lipinski definition) is 4. The molecule has 0 saturated carbocycles. The fraction of sp³-hybridized carbons (Fsp3) is 0.571. The van der Waals surface area contributed by atoms with Crippen molar-refractivity contribution in [1.29, 1.82) is 0 Å². The molecule has 2 N–H and O–H groups in total. The van der Waals surface area contributed by atoms with E-state index in [9.17, 15) is 21.6 Å². The van der Waals surface area contributed by atoms with Gasteiger partial charge in [-0.25, -0.2) is 13.1 Å². The van der Waals surface area contributed by atoms with Crippen molar-refractivity contribution in [2.45, 2.75) is 30.5 Å². The molecule has 0 amide bonds. The summed E-state index contributed by atoms with van der Waals surface area (Å²) in [7, 11) is -4.06. The quantitative estimate of drug-likeness (QED) is 0.786. The van der Waals surface area contributed by atoms with Crippen LogP contribution in [0.4, 0.5) is 13.2 Å². The maximum absolute atomic E-state index is 12.4. The van der Waals surface area contributed by atoms with Crippen molar-refractivity contribution in [1.82, 2.24) is 10.0 Å². The molecule has 1 atom stereocenters. The Kier molecular flexibility index (Phi) is 7.78. The lowest BCUT2D eigenvalue weighted by molar-refractivity contribution is -0.275. The van der Waals surface area contributed by atoms with Gasteiger partial charge in [0.2, 0.25) is 10.0 Å². The number of ether oxygens (including phenoxy) is 1. The highest BCUT2D eigenvalue weighted by Gasteiger charge is 2.33. The van der Waals surface area contributed by atoms with Gasteiger partial charge in [0, 0.05) is 6.54 Å². The Hall–Kier alpha value is -1.03. The molecule has 1 aromatic carbocycles. The summed E-state index contributed by atoms with van der Waals surface area (Å²) in [5.74, 6) is -0.361. The number of para-hydroxylation sites is 1. The van der Waals surface area contributed by atoms with E-state index in [0.717, 1.165) is 38.1 Å². The van der Waals surface area contributed by atoms with Crippen molar-refractivity contribution in [3.63, 3.8) is 0 Å². The van der Waals surface area contributed by atoms with Crippen LogP contribution in [0.25, 0.3) is 0 Å². The van der Waals surface area contributed by atoms with Crippen molar-refractivity contribution in [2.24, 2.45) is 5.92 Å². The van der Waals surface area contributed by atoms with Crippen LogP contribution in [0.1, 0.15) is 19.3 Å². The first-order valence-electron chi connectivity index (χ1n) is 7.33. The number of halogens is 4. The van der Waals surface area contributed by atoms with E-state index < -0.39 is 27.0 Å². The van der Waals surface area contributed by atoms with Crippen molar-refractivity contribution in [3.8, 4) is 5.75 Å². The normalized spacial score (nSPS) is 18.7. The highest BCUT2D eigenvalue weighted by atomic mass is 35.5. The predicted molar refractivity (Wildman–Crippen MR) is 85.8 cm³/mol. The molecule has 0 bridgehead atoms. The number of benzene rings is 1. The van der Waals surface area contributed by atoms with E-state index in [1.807, 2.05) is 0 Å². The van der Waals surface area contributed by atoms with Gasteiger partial charge in [-0.15, -0.1) is 25.6 Å². The monoisotopic (exact) mass is 388 g/mol. The molecule has 1 saturated heterocycles. The smallest absolute Gasteiger partial charge is 0.404 e. The number of alkyl halides is 3. The molecule has 10 heteroatoms. The summed E-state index contributed by atoms with van der Waals surface area (Å²) in [5, 5.41) is 3.23. The van der Waals surface area contributed by atoms with Gasteiger partial charge < -0.3 is 10.1 Å². The lowest BCUT2D eigenvalue weighted by atomic mass is 9.96. The zero-order valence-corrected chi connectivity index (χ0v) is 14.4. The summed E-state index contributed by atoms with van der Waals surface area (Å²) in [6.07, 6.45) is -2.25. The molecule has 1 fully saturated rings. The van der Waals surface area contributed by atoms with E-state index in [2.05, 4.69) is 14.8 Å². The van der Waals surface area contributed by atoms with Crippen LogP contribution in [0.2, 0.25) is 0 Å². The Bertz CT molecular complexity index is 620. The average molecular weight is 389 g/mol. The fourth-order valence-corrected chi connectivity index (χ4v) is 3.70. The van der Waals surface area contributed by atoms with E-state index >= 15 is 0 Å². The maximum Gasteiger partial charge on any atom is 0.573 e. The molecule has 0 aliphatic carbocycles. The van der Waals surface area contributed by atoms with Crippen LogP contribution in [0.3, 0.4) is 0 Å². The summed E-state index contributed by atoms with van der Waals surface area (Å²) < 4.78 is 67.6. The third kappa shape index (κ3) is 6.46. The molecule has 138 valence electrons. The number of hydrogen-bond donors (Lipinski definition) is 2. The summed E-state index contributed by atoms with van der Waals surface area (Å²) >= 11 is 0. The maximum atomic E-state index is 12.4. The minimum atomic E-state index is -4.95. The molecule has 2 rings (SSSR count). The molecule has 1 aliphatic rings. The lowest BCUT2D eigenvalue weighted by Gasteiger charge is -2.22. The molecule has 5 nitrogen and oxygen atoms in total. The molecular formula is C14H20ClF3N2O3S. The number of nitrogens with one attached hydrogen (secondary N) is 2. The van der Waals surface area contributed by atoms with E-state index in [4.69, 9.17) is 0 Å². The van der Waals surface area contributed by atoms with Crippen LogP contribution in [-0.2, 0) is 10.0 Å². The first-order chi connectivity index (χ1) is 10.8. The minimum Gasteiger partial charge on any atom is -0.404 e. The number of piperidine rings is 1. The van der Waals surface area contributed by atoms with Crippen molar-refractivity contribution < 1.29 is 26.3 Å². The van der Waals surface area contributed by atoms with Crippen molar-refractivity contribution in [2.75, 3.05) is 19.6 Å². The average Bonchev–Trinajstić information content (AvgIpc) is 2.47. The Morgan fingerprint density at radius 2 is 2.00 bits per heavy atom. The lowest BCUT2D eigenvalue weighted by Crippen LogP contribution is -2.33. The number of sulfonamides is 1. The van der Waals surface area contributed by atoms with Crippen LogP contribution >= 0.6 is 12.4 Å². The predicted octanol–water partition coefficient (Wildman–Crippen LogP) is 2.68. The molecule has 24 heavy (non-hydrogen) atoms. The summed E-state index contributed by atoms with van der Waals surface area (Å²) in [5.41, 5.74) is 0. The van der Waals surface area contributed by atoms with Gasteiger partial charge in [-0.05, 0) is 50.4 Å². The molecule has 0 spiro atoms. The third-order valence-electron chi connectivity index (χ3n) is 3.61. The van der Waals surface area contributed by atoms with Gasteiger partial charge in [0.15, 0.2) is 0 Å².